The van der Waals surface area contributed by atoms with Gasteiger partial charge in [-0.2, -0.15) is 0 Å². The highest BCUT2D eigenvalue weighted by Gasteiger charge is 2.34. The zero-order valence-electron chi connectivity index (χ0n) is 10.4. The minimum atomic E-state index is -0.517. The first-order valence-corrected chi connectivity index (χ1v) is 6.99. The lowest BCUT2D eigenvalue weighted by atomic mass is 9.99. The third-order valence-electron chi connectivity index (χ3n) is 3.42. The summed E-state index contributed by atoms with van der Waals surface area (Å²) in [4.78, 5) is 11.9. The highest BCUT2D eigenvalue weighted by molar-refractivity contribution is 9.10. The van der Waals surface area contributed by atoms with E-state index in [2.05, 4.69) is 26.6 Å². The van der Waals surface area contributed by atoms with E-state index in [9.17, 15) is 14.3 Å². The van der Waals surface area contributed by atoms with E-state index in [-0.39, 0.29) is 18.5 Å². The van der Waals surface area contributed by atoms with Crippen molar-refractivity contribution in [3.05, 3.63) is 28.5 Å². The molecule has 0 heterocycles. The predicted molar refractivity (Wildman–Crippen MR) is 74.5 cm³/mol. The van der Waals surface area contributed by atoms with Crippen LogP contribution < -0.4 is 10.6 Å². The molecule has 0 aliphatic heterocycles. The van der Waals surface area contributed by atoms with E-state index in [1.54, 1.807) is 0 Å². The summed E-state index contributed by atoms with van der Waals surface area (Å²) in [7, 11) is 0. The fraction of sp³-hybridized carbons (Fsp3) is 0.462. The number of benzene rings is 1. The van der Waals surface area contributed by atoms with E-state index in [1.165, 1.54) is 18.2 Å². The summed E-state index contributed by atoms with van der Waals surface area (Å²) in [5.74, 6) is -0.375. The average Bonchev–Trinajstić information content (AvgIpc) is 2.82. The van der Waals surface area contributed by atoms with Gasteiger partial charge in [0.15, 0.2) is 0 Å². The van der Waals surface area contributed by atoms with Crippen LogP contribution in [0.1, 0.15) is 25.7 Å². The summed E-state index contributed by atoms with van der Waals surface area (Å²) in [6.07, 6.45) is 3.56. The maximum Gasteiger partial charge on any atom is 0.319 e. The van der Waals surface area contributed by atoms with Crippen LogP contribution in [0.2, 0.25) is 0 Å². The molecular weight excluding hydrogens is 315 g/mol. The lowest BCUT2D eigenvalue weighted by molar-refractivity contribution is 0.167. The highest BCUT2D eigenvalue weighted by atomic mass is 79.9. The molecule has 1 aliphatic carbocycles. The van der Waals surface area contributed by atoms with Crippen molar-refractivity contribution in [3.8, 4) is 0 Å². The van der Waals surface area contributed by atoms with Crippen molar-refractivity contribution in [2.75, 3.05) is 11.9 Å². The molecule has 1 aliphatic rings. The Morgan fingerprint density at radius 1 is 1.42 bits per heavy atom. The third-order valence-corrected chi connectivity index (χ3v) is 4.08. The number of aliphatic hydroxyl groups is 1. The number of hydrogen-bond donors (Lipinski definition) is 3. The molecule has 1 saturated carbocycles. The summed E-state index contributed by atoms with van der Waals surface area (Å²) in [5, 5.41) is 14.9. The molecule has 0 aromatic heterocycles. The molecule has 3 N–H and O–H groups in total. The molecule has 1 aromatic carbocycles. The van der Waals surface area contributed by atoms with Gasteiger partial charge in [0, 0.05) is 4.47 Å². The van der Waals surface area contributed by atoms with Gasteiger partial charge in [0.1, 0.15) is 5.82 Å². The number of carbonyl (C=O) groups excluding carboxylic acids is 1. The Kier molecular flexibility index (Phi) is 4.42. The Labute approximate surface area is 119 Å². The van der Waals surface area contributed by atoms with E-state index in [4.69, 9.17) is 0 Å². The fourth-order valence-electron chi connectivity index (χ4n) is 2.36. The van der Waals surface area contributed by atoms with Crippen molar-refractivity contribution in [3.63, 3.8) is 0 Å². The number of hydrogen-bond acceptors (Lipinski definition) is 2. The molecule has 0 unspecified atom stereocenters. The van der Waals surface area contributed by atoms with Crippen LogP contribution in [-0.2, 0) is 0 Å². The summed E-state index contributed by atoms with van der Waals surface area (Å²) in [6.45, 7) is -0.0645. The minimum Gasteiger partial charge on any atom is -0.394 e. The zero-order valence-corrected chi connectivity index (χ0v) is 12.0. The van der Waals surface area contributed by atoms with E-state index in [1.807, 2.05) is 0 Å². The number of halogens is 2. The van der Waals surface area contributed by atoms with Gasteiger partial charge in [0.25, 0.3) is 0 Å². The Morgan fingerprint density at radius 3 is 2.68 bits per heavy atom. The van der Waals surface area contributed by atoms with Gasteiger partial charge in [-0.05, 0) is 47.0 Å². The number of carbonyl (C=O) groups is 1. The summed E-state index contributed by atoms with van der Waals surface area (Å²) in [5.41, 5.74) is -0.0265. The summed E-state index contributed by atoms with van der Waals surface area (Å²) >= 11 is 3.19. The lowest BCUT2D eigenvalue weighted by Gasteiger charge is -2.28. The molecule has 104 valence electrons. The van der Waals surface area contributed by atoms with Gasteiger partial charge in [0.05, 0.1) is 17.8 Å². The lowest BCUT2D eigenvalue weighted by Crippen LogP contribution is -2.50. The molecule has 6 heteroatoms. The van der Waals surface area contributed by atoms with E-state index in [0.29, 0.717) is 10.2 Å². The largest absolute Gasteiger partial charge is 0.394 e. The van der Waals surface area contributed by atoms with Crippen LogP contribution in [0, 0.1) is 5.82 Å². The van der Waals surface area contributed by atoms with Crippen molar-refractivity contribution in [2.24, 2.45) is 0 Å². The van der Waals surface area contributed by atoms with E-state index >= 15 is 0 Å². The van der Waals surface area contributed by atoms with Gasteiger partial charge >= 0.3 is 6.03 Å². The third kappa shape index (κ3) is 3.45. The van der Waals surface area contributed by atoms with Crippen molar-refractivity contribution in [1.29, 1.82) is 0 Å². The topological polar surface area (TPSA) is 61.4 Å². The molecule has 19 heavy (non-hydrogen) atoms. The van der Waals surface area contributed by atoms with Crippen LogP contribution in [0.15, 0.2) is 22.7 Å². The van der Waals surface area contributed by atoms with Crippen LogP contribution in [0.3, 0.4) is 0 Å². The molecule has 0 spiro atoms. The first-order chi connectivity index (χ1) is 9.04. The molecule has 0 bridgehead atoms. The SMILES string of the molecule is O=C(Nc1ccc(F)cc1Br)NC1(CO)CCCC1. The monoisotopic (exact) mass is 330 g/mol. The first kappa shape index (κ1) is 14.3. The number of anilines is 1. The number of nitrogens with one attached hydrogen (secondary N) is 2. The standard InChI is InChI=1S/C13H16BrFN2O2/c14-10-7-9(15)3-4-11(10)16-12(19)17-13(8-18)5-1-2-6-13/h3-4,7,18H,1-2,5-6,8H2,(H2,16,17,19). The Bertz CT molecular complexity index is 476. The Morgan fingerprint density at radius 2 is 2.11 bits per heavy atom. The van der Waals surface area contributed by atoms with Crippen molar-refractivity contribution >= 4 is 27.6 Å². The first-order valence-electron chi connectivity index (χ1n) is 6.20. The van der Waals surface area contributed by atoms with Gasteiger partial charge < -0.3 is 15.7 Å². The fourth-order valence-corrected chi connectivity index (χ4v) is 2.81. The quantitative estimate of drug-likeness (QED) is 0.797. The maximum absolute atomic E-state index is 12.9. The number of aliphatic hydroxyl groups excluding tert-OH is 1. The van der Waals surface area contributed by atoms with Crippen molar-refractivity contribution in [2.45, 2.75) is 31.2 Å². The predicted octanol–water partition coefficient (Wildman–Crippen LogP) is 3.01. The second kappa shape index (κ2) is 5.88. The van der Waals surface area contributed by atoms with E-state index in [0.717, 1.165) is 25.7 Å². The maximum atomic E-state index is 12.9. The molecule has 4 nitrogen and oxygen atoms in total. The van der Waals surface area contributed by atoms with Gasteiger partial charge in [-0.3, -0.25) is 0 Å². The van der Waals surface area contributed by atoms with Crippen molar-refractivity contribution < 1.29 is 14.3 Å². The van der Waals surface area contributed by atoms with Gasteiger partial charge in [-0.25, -0.2) is 9.18 Å². The number of urea groups is 1. The Hall–Kier alpha value is -1.14. The van der Waals surface area contributed by atoms with Gasteiger partial charge in [0.2, 0.25) is 0 Å². The zero-order chi connectivity index (χ0) is 13.9. The molecule has 0 saturated heterocycles. The van der Waals surface area contributed by atoms with Crippen LogP contribution in [0.4, 0.5) is 14.9 Å². The molecule has 0 atom stereocenters. The second-order valence-electron chi connectivity index (χ2n) is 4.85. The molecule has 0 radical (unpaired) electrons. The molecule has 1 aromatic rings. The Balaban J connectivity index is 2.01. The number of rotatable bonds is 3. The van der Waals surface area contributed by atoms with Gasteiger partial charge in [-0.1, -0.05) is 12.8 Å². The van der Waals surface area contributed by atoms with Gasteiger partial charge in [-0.15, -0.1) is 0 Å². The minimum absolute atomic E-state index is 0.0645. The summed E-state index contributed by atoms with van der Waals surface area (Å²) in [6, 6.07) is 3.66. The average molecular weight is 331 g/mol. The highest BCUT2D eigenvalue weighted by Crippen LogP contribution is 2.29. The second-order valence-corrected chi connectivity index (χ2v) is 5.70. The summed E-state index contributed by atoms with van der Waals surface area (Å²) < 4.78 is 13.4. The van der Waals surface area contributed by atoms with Crippen LogP contribution in [-0.4, -0.2) is 23.3 Å². The molecule has 2 rings (SSSR count). The normalized spacial score (nSPS) is 17.2. The van der Waals surface area contributed by atoms with Crippen molar-refractivity contribution in [1.82, 2.24) is 5.32 Å². The number of amides is 2. The molecular formula is C13H16BrFN2O2. The van der Waals surface area contributed by atoms with Crippen LogP contribution in [0.25, 0.3) is 0 Å². The van der Waals surface area contributed by atoms with Crippen LogP contribution in [0.5, 0.6) is 0 Å². The smallest absolute Gasteiger partial charge is 0.319 e. The van der Waals surface area contributed by atoms with E-state index < -0.39 is 5.54 Å². The molecule has 2 amide bonds. The van der Waals surface area contributed by atoms with Crippen LogP contribution >= 0.6 is 15.9 Å². The molecule has 1 fully saturated rings.